The molecule has 0 aromatic rings. The van der Waals surface area contributed by atoms with Crippen molar-refractivity contribution in [3.05, 3.63) is 12.2 Å². The van der Waals surface area contributed by atoms with E-state index >= 15 is 0 Å². The third kappa shape index (κ3) is 4.48. The fourth-order valence-corrected chi connectivity index (χ4v) is 2.32. The third-order valence-corrected chi connectivity index (χ3v) is 3.71. The van der Waals surface area contributed by atoms with Crippen LogP contribution in [0.4, 0.5) is 0 Å². The Labute approximate surface area is 103 Å². The van der Waals surface area contributed by atoms with Crippen LogP contribution in [0.15, 0.2) is 12.2 Å². The molecule has 0 bridgehead atoms. The molecular formula is C13H23NO3. The number of carboxylic acid groups (broad SMARTS) is 1. The molecule has 4 heteroatoms. The van der Waals surface area contributed by atoms with Crippen molar-refractivity contribution in [1.29, 1.82) is 0 Å². The second kappa shape index (κ2) is 6.17. The fourth-order valence-electron chi connectivity index (χ4n) is 2.32. The molecule has 0 atom stereocenters. The first-order valence-electron chi connectivity index (χ1n) is 6.31. The normalized spacial score (nSPS) is 28.9. The summed E-state index contributed by atoms with van der Waals surface area (Å²) in [5, 5.41) is 21.9. The molecule has 0 aromatic heterocycles. The highest BCUT2D eigenvalue weighted by atomic mass is 16.4. The maximum Gasteiger partial charge on any atom is 0.332 e. The van der Waals surface area contributed by atoms with Gasteiger partial charge in [-0.2, -0.15) is 0 Å². The van der Waals surface area contributed by atoms with Crippen LogP contribution >= 0.6 is 0 Å². The van der Waals surface area contributed by atoms with E-state index in [4.69, 9.17) is 5.11 Å². The Morgan fingerprint density at radius 1 is 1.47 bits per heavy atom. The predicted octanol–water partition coefficient (Wildman–Crippen LogP) is 1.55. The van der Waals surface area contributed by atoms with Crippen molar-refractivity contribution in [2.24, 2.45) is 5.92 Å². The Balaban J connectivity index is 2.27. The molecule has 0 aliphatic heterocycles. The highest BCUT2D eigenvalue weighted by Gasteiger charge is 2.32. The highest BCUT2D eigenvalue weighted by Crippen LogP contribution is 2.33. The first kappa shape index (κ1) is 14.2. The zero-order valence-corrected chi connectivity index (χ0v) is 10.5. The summed E-state index contributed by atoms with van der Waals surface area (Å²) in [6.07, 6.45) is 4.92. The SMILES string of the molecule is C=C(CNCC1(O)CCC(CC)CC1)C(=O)O. The lowest BCUT2D eigenvalue weighted by Gasteiger charge is -2.36. The minimum absolute atomic E-state index is 0.135. The lowest BCUT2D eigenvalue weighted by Crippen LogP contribution is -2.44. The molecule has 1 aliphatic carbocycles. The first-order valence-corrected chi connectivity index (χ1v) is 6.31. The van der Waals surface area contributed by atoms with Crippen LogP contribution in [0.1, 0.15) is 39.0 Å². The van der Waals surface area contributed by atoms with Crippen LogP contribution in [0.25, 0.3) is 0 Å². The molecule has 1 saturated carbocycles. The Hall–Kier alpha value is -0.870. The summed E-state index contributed by atoms with van der Waals surface area (Å²) in [7, 11) is 0. The van der Waals surface area contributed by atoms with Gasteiger partial charge in [-0.25, -0.2) is 4.79 Å². The predicted molar refractivity (Wildman–Crippen MR) is 66.8 cm³/mol. The minimum Gasteiger partial charge on any atom is -0.478 e. The van der Waals surface area contributed by atoms with Crippen molar-refractivity contribution in [1.82, 2.24) is 5.32 Å². The fraction of sp³-hybridized carbons (Fsp3) is 0.769. The van der Waals surface area contributed by atoms with Gasteiger partial charge < -0.3 is 15.5 Å². The van der Waals surface area contributed by atoms with Crippen LogP contribution in [-0.2, 0) is 4.79 Å². The van der Waals surface area contributed by atoms with Crippen LogP contribution in [0.3, 0.4) is 0 Å². The summed E-state index contributed by atoms with van der Waals surface area (Å²) in [4.78, 5) is 10.5. The molecule has 1 fully saturated rings. The van der Waals surface area contributed by atoms with Crippen LogP contribution < -0.4 is 5.32 Å². The number of carbonyl (C=O) groups is 1. The summed E-state index contributed by atoms with van der Waals surface area (Å²) in [6, 6.07) is 0. The Morgan fingerprint density at radius 3 is 2.53 bits per heavy atom. The van der Waals surface area contributed by atoms with Crippen LogP contribution in [0.2, 0.25) is 0 Å². The maximum atomic E-state index is 10.5. The molecule has 98 valence electrons. The molecule has 0 heterocycles. The van der Waals surface area contributed by atoms with E-state index in [1.807, 2.05) is 0 Å². The van der Waals surface area contributed by atoms with E-state index in [1.165, 1.54) is 6.42 Å². The smallest absolute Gasteiger partial charge is 0.332 e. The summed E-state index contributed by atoms with van der Waals surface area (Å²) in [5.41, 5.74) is -0.527. The number of aliphatic hydroxyl groups is 1. The molecule has 0 aromatic carbocycles. The zero-order valence-electron chi connectivity index (χ0n) is 10.5. The van der Waals surface area contributed by atoms with Gasteiger partial charge >= 0.3 is 5.97 Å². The number of rotatable bonds is 6. The van der Waals surface area contributed by atoms with Crippen LogP contribution in [0.5, 0.6) is 0 Å². The highest BCUT2D eigenvalue weighted by molar-refractivity contribution is 5.86. The van der Waals surface area contributed by atoms with Gasteiger partial charge in [-0.3, -0.25) is 0 Å². The average molecular weight is 241 g/mol. The number of nitrogens with one attached hydrogen (secondary N) is 1. The van der Waals surface area contributed by atoms with Crippen molar-refractivity contribution in [2.75, 3.05) is 13.1 Å². The van der Waals surface area contributed by atoms with E-state index in [-0.39, 0.29) is 12.1 Å². The maximum absolute atomic E-state index is 10.5. The van der Waals surface area contributed by atoms with E-state index in [2.05, 4.69) is 18.8 Å². The third-order valence-electron chi connectivity index (χ3n) is 3.71. The molecule has 0 spiro atoms. The molecule has 0 amide bonds. The lowest BCUT2D eigenvalue weighted by molar-refractivity contribution is -0.132. The van der Waals surface area contributed by atoms with E-state index in [9.17, 15) is 9.90 Å². The summed E-state index contributed by atoms with van der Waals surface area (Å²) >= 11 is 0. The molecule has 0 radical (unpaired) electrons. The number of hydrogen-bond donors (Lipinski definition) is 3. The zero-order chi connectivity index (χ0) is 12.9. The van der Waals surface area contributed by atoms with E-state index in [1.54, 1.807) is 0 Å². The quantitative estimate of drug-likeness (QED) is 0.617. The van der Waals surface area contributed by atoms with Gasteiger partial charge in [0.25, 0.3) is 0 Å². The number of hydrogen-bond acceptors (Lipinski definition) is 3. The summed E-state index contributed by atoms with van der Waals surface area (Å²) in [6.45, 7) is 6.31. The Morgan fingerprint density at radius 2 is 2.06 bits per heavy atom. The Bertz CT molecular complexity index is 280. The van der Waals surface area contributed by atoms with Crippen molar-refractivity contribution in [2.45, 2.75) is 44.6 Å². The molecule has 0 unspecified atom stereocenters. The lowest BCUT2D eigenvalue weighted by atomic mass is 9.78. The monoisotopic (exact) mass is 241 g/mol. The molecule has 1 rings (SSSR count). The van der Waals surface area contributed by atoms with Gasteiger partial charge in [0.05, 0.1) is 5.60 Å². The average Bonchev–Trinajstić information content (AvgIpc) is 2.29. The number of aliphatic carboxylic acids is 1. The van der Waals surface area contributed by atoms with Crippen molar-refractivity contribution >= 4 is 5.97 Å². The van der Waals surface area contributed by atoms with Crippen LogP contribution in [-0.4, -0.2) is 34.9 Å². The van der Waals surface area contributed by atoms with Gasteiger partial charge in [-0.1, -0.05) is 19.9 Å². The van der Waals surface area contributed by atoms with E-state index in [0.29, 0.717) is 6.54 Å². The minimum atomic E-state index is -0.987. The van der Waals surface area contributed by atoms with Gasteiger partial charge in [-0.15, -0.1) is 0 Å². The molecule has 0 saturated heterocycles. The Kier molecular flexibility index (Phi) is 5.15. The molecule has 4 nitrogen and oxygen atoms in total. The van der Waals surface area contributed by atoms with Gasteiger partial charge in [0.2, 0.25) is 0 Å². The number of carboxylic acids is 1. The van der Waals surface area contributed by atoms with Gasteiger partial charge in [0.1, 0.15) is 0 Å². The van der Waals surface area contributed by atoms with E-state index < -0.39 is 11.6 Å². The van der Waals surface area contributed by atoms with Crippen molar-refractivity contribution in [3.8, 4) is 0 Å². The van der Waals surface area contributed by atoms with E-state index in [0.717, 1.165) is 31.6 Å². The standard InChI is InChI=1S/C13H23NO3/c1-3-11-4-6-13(17,7-5-11)9-14-8-10(2)12(15)16/h11,14,17H,2-9H2,1H3,(H,15,16). The van der Waals surface area contributed by atoms with Gasteiger partial charge in [0.15, 0.2) is 0 Å². The molecule has 1 aliphatic rings. The van der Waals surface area contributed by atoms with Crippen molar-refractivity contribution < 1.29 is 15.0 Å². The second-order valence-corrected chi connectivity index (χ2v) is 5.09. The largest absolute Gasteiger partial charge is 0.478 e. The summed E-state index contributed by atoms with van der Waals surface area (Å²) < 4.78 is 0. The van der Waals surface area contributed by atoms with Crippen molar-refractivity contribution in [3.63, 3.8) is 0 Å². The van der Waals surface area contributed by atoms with Gasteiger partial charge in [-0.05, 0) is 31.6 Å². The molecular weight excluding hydrogens is 218 g/mol. The first-order chi connectivity index (χ1) is 7.97. The second-order valence-electron chi connectivity index (χ2n) is 5.09. The molecule has 17 heavy (non-hydrogen) atoms. The topological polar surface area (TPSA) is 69.6 Å². The molecule has 3 N–H and O–H groups in total. The van der Waals surface area contributed by atoms with Gasteiger partial charge in [0, 0.05) is 18.7 Å². The summed E-state index contributed by atoms with van der Waals surface area (Å²) in [5.74, 6) is -0.247. The van der Waals surface area contributed by atoms with Crippen LogP contribution in [0, 0.1) is 5.92 Å².